The minimum absolute atomic E-state index is 0.981. The van der Waals surface area contributed by atoms with Crippen LogP contribution in [0.5, 0.6) is 0 Å². The van der Waals surface area contributed by atoms with E-state index in [0.717, 1.165) is 5.41 Å². The topological polar surface area (TPSA) is 0 Å². The Kier molecular flexibility index (Phi) is 0.522. The van der Waals surface area contributed by atoms with Gasteiger partial charge in [0, 0.05) is 0 Å². The lowest BCUT2D eigenvalue weighted by Crippen LogP contribution is -2.36. The Labute approximate surface area is 62.0 Å². The molecule has 4 saturated carbocycles. The van der Waals surface area contributed by atoms with E-state index in [1.54, 1.807) is 32.1 Å². The predicted octanol–water partition coefficient (Wildman–Crippen LogP) is 2.44. The van der Waals surface area contributed by atoms with Crippen LogP contribution in [-0.2, 0) is 0 Å². The predicted molar refractivity (Wildman–Crippen MR) is 39.5 cm³/mol. The highest BCUT2D eigenvalue weighted by atomic mass is 14.8. The van der Waals surface area contributed by atoms with Gasteiger partial charge in [-0.05, 0) is 61.2 Å². The number of hydrogen-bond acceptors (Lipinski definition) is 0. The second kappa shape index (κ2) is 1.09. The van der Waals surface area contributed by atoms with Crippen LogP contribution < -0.4 is 0 Å². The lowest BCUT2D eigenvalue weighted by atomic mass is 9.60. The Morgan fingerprint density at radius 3 is 2.30 bits per heavy atom. The molecule has 0 amide bonds. The lowest BCUT2D eigenvalue weighted by molar-refractivity contribution is 0.0486. The molecule has 4 aliphatic carbocycles. The third-order valence-electron chi connectivity index (χ3n) is 5.45. The monoisotopic (exact) mass is 134 g/mol. The molecule has 0 aliphatic heterocycles. The van der Waals surface area contributed by atoms with E-state index in [1.165, 1.54) is 23.7 Å². The van der Waals surface area contributed by atoms with Gasteiger partial charge in [-0.2, -0.15) is 0 Å². The van der Waals surface area contributed by atoms with Crippen molar-refractivity contribution in [2.24, 2.45) is 29.1 Å². The summed E-state index contributed by atoms with van der Waals surface area (Å²) in [5.74, 6) is 4.98. The summed E-state index contributed by atoms with van der Waals surface area (Å²) in [6.45, 7) is 0. The van der Waals surface area contributed by atoms with Gasteiger partial charge in [0.05, 0.1) is 0 Å². The van der Waals surface area contributed by atoms with Crippen molar-refractivity contribution in [2.75, 3.05) is 0 Å². The molecular formula is C10H14. The van der Waals surface area contributed by atoms with Crippen LogP contribution in [0.3, 0.4) is 0 Å². The summed E-state index contributed by atoms with van der Waals surface area (Å²) in [6.07, 6.45) is 8.12. The normalized spacial score (nSPS) is 74.4. The van der Waals surface area contributed by atoms with E-state index in [2.05, 4.69) is 0 Å². The van der Waals surface area contributed by atoms with Crippen LogP contribution in [0.2, 0.25) is 0 Å². The molecule has 0 nitrogen and oxygen atoms in total. The highest BCUT2D eigenvalue weighted by Crippen LogP contribution is 2.81. The highest BCUT2D eigenvalue weighted by molar-refractivity contribution is 5.22. The van der Waals surface area contributed by atoms with Gasteiger partial charge >= 0.3 is 0 Å². The number of rotatable bonds is 0. The average molecular weight is 134 g/mol. The van der Waals surface area contributed by atoms with Crippen molar-refractivity contribution in [3.05, 3.63) is 0 Å². The summed E-state index contributed by atoms with van der Waals surface area (Å²) in [5.41, 5.74) is 0.981. The molecule has 0 saturated heterocycles. The van der Waals surface area contributed by atoms with Crippen molar-refractivity contribution in [3.63, 3.8) is 0 Å². The first-order valence-corrected chi connectivity index (χ1v) is 4.92. The van der Waals surface area contributed by atoms with Crippen molar-refractivity contribution in [2.45, 2.75) is 32.1 Å². The van der Waals surface area contributed by atoms with Gasteiger partial charge in [0.2, 0.25) is 0 Å². The van der Waals surface area contributed by atoms with Crippen LogP contribution in [0.25, 0.3) is 0 Å². The quantitative estimate of drug-likeness (QED) is 0.477. The van der Waals surface area contributed by atoms with E-state index in [0.29, 0.717) is 0 Å². The molecule has 4 fully saturated rings. The first-order chi connectivity index (χ1) is 4.92. The molecule has 0 aromatic carbocycles. The Bertz CT molecular complexity index is 200. The van der Waals surface area contributed by atoms with Gasteiger partial charge in [-0.3, -0.25) is 0 Å². The third-order valence-corrected chi connectivity index (χ3v) is 5.45. The standard InChI is InChI=1S/C10H14/c1-3-10-4-2-8(10)7-5-9(10)6(1)7/h6-9H,1-5H2/t6?,7?,8-,9?,10?/m1/s1. The fourth-order valence-electron chi connectivity index (χ4n) is 5.00. The van der Waals surface area contributed by atoms with Crippen molar-refractivity contribution >= 4 is 0 Å². The van der Waals surface area contributed by atoms with Gasteiger partial charge in [-0.1, -0.05) is 0 Å². The lowest BCUT2D eigenvalue weighted by Gasteiger charge is -2.45. The maximum absolute atomic E-state index is 1.65. The summed E-state index contributed by atoms with van der Waals surface area (Å²) in [6, 6.07) is 0. The molecule has 0 heterocycles. The molecule has 10 heavy (non-hydrogen) atoms. The number of hydrogen-bond donors (Lipinski definition) is 0. The highest BCUT2D eigenvalue weighted by Gasteiger charge is 2.73. The van der Waals surface area contributed by atoms with Crippen molar-refractivity contribution in [1.82, 2.24) is 0 Å². The third kappa shape index (κ3) is 0.245. The summed E-state index contributed by atoms with van der Waals surface area (Å²) >= 11 is 0. The molecule has 0 N–H and O–H groups in total. The largest absolute Gasteiger partial charge is 0.0493 e. The molecule has 0 aromatic heterocycles. The van der Waals surface area contributed by atoms with Crippen LogP contribution in [-0.4, -0.2) is 0 Å². The molecule has 4 rings (SSSR count). The molecule has 5 atom stereocenters. The zero-order chi connectivity index (χ0) is 6.34. The number of fused-ring (bicyclic) bond motifs is 1. The van der Waals surface area contributed by atoms with E-state index in [-0.39, 0.29) is 0 Å². The summed E-state index contributed by atoms with van der Waals surface area (Å²) in [4.78, 5) is 0. The fraction of sp³-hybridized carbons (Fsp3) is 1.00. The molecule has 0 heteroatoms. The van der Waals surface area contributed by atoms with E-state index in [9.17, 15) is 0 Å². The molecular weight excluding hydrogens is 120 g/mol. The molecule has 0 radical (unpaired) electrons. The maximum atomic E-state index is 1.65. The molecule has 54 valence electrons. The molecule has 0 aromatic rings. The van der Waals surface area contributed by atoms with Crippen molar-refractivity contribution < 1.29 is 0 Å². The Balaban J connectivity index is 1.95. The summed E-state index contributed by atoms with van der Waals surface area (Å²) in [5, 5.41) is 0. The van der Waals surface area contributed by atoms with Gasteiger partial charge in [-0.15, -0.1) is 0 Å². The minimum atomic E-state index is 0.981. The minimum Gasteiger partial charge on any atom is -0.0493 e. The Morgan fingerprint density at radius 2 is 1.80 bits per heavy atom. The van der Waals surface area contributed by atoms with E-state index in [4.69, 9.17) is 0 Å². The van der Waals surface area contributed by atoms with Crippen LogP contribution in [0.4, 0.5) is 0 Å². The van der Waals surface area contributed by atoms with E-state index < -0.39 is 0 Å². The van der Waals surface area contributed by atoms with E-state index >= 15 is 0 Å². The van der Waals surface area contributed by atoms with Gasteiger partial charge in [-0.25, -0.2) is 0 Å². The van der Waals surface area contributed by atoms with Crippen LogP contribution >= 0.6 is 0 Å². The first kappa shape index (κ1) is 4.79. The van der Waals surface area contributed by atoms with Crippen LogP contribution in [0.1, 0.15) is 32.1 Å². The zero-order valence-electron chi connectivity index (χ0n) is 6.34. The Morgan fingerprint density at radius 1 is 0.900 bits per heavy atom. The molecule has 4 unspecified atom stereocenters. The molecule has 4 bridgehead atoms. The second-order valence-corrected chi connectivity index (χ2v) is 5.09. The Hall–Kier alpha value is 0. The first-order valence-electron chi connectivity index (χ1n) is 4.92. The van der Waals surface area contributed by atoms with Gasteiger partial charge in [0.1, 0.15) is 0 Å². The van der Waals surface area contributed by atoms with Crippen molar-refractivity contribution in [3.8, 4) is 0 Å². The van der Waals surface area contributed by atoms with Gasteiger partial charge in [0.15, 0.2) is 0 Å². The fourth-order valence-corrected chi connectivity index (χ4v) is 5.00. The average Bonchev–Trinajstić information content (AvgIpc) is 2.29. The molecule has 4 aliphatic rings. The van der Waals surface area contributed by atoms with Crippen LogP contribution in [0, 0.1) is 29.1 Å². The second-order valence-electron chi connectivity index (χ2n) is 5.09. The zero-order valence-corrected chi connectivity index (χ0v) is 6.34. The maximum Gasteiger partial charge on any atom is -0.0235 e. The van der Waals surface area contributed by atoms with E-state index in [1.807, 2.05) is 0 Å². The van der Waals surface area contributed by atoms with Gasteiger partial charge < -0.3 is 0 Å². The SMILES string of the molecule is C1CC23CC[C@@H]2C2CC3C12. The summed E-state index contributed by atoms with van der Waals surface area (Å²) in [7, 11) is 0. The van der Waals surface area contributed by atoms with Crippen LogP contribution in [0.15, 0.2) is 0 Å². The molecule has 1 spiro atoms. The van der Waals surface area contributed by atoms with Gasteiger partial charge in [0.25, 0.3) is 0 Å². The van der Waals surface area contributed by atoms with Crippen molar-refractivity contribution in [1.29, 1.82) is 0 Å². The smallest absolute Gasteiger partial charge is 0.0235 e. The summed E-state index contributed by atoms with van der Waals surface area (Å²) < 4.78 is 0.